The summed E-state index contributed by atoms with van der Waals surface area (Å²) in [5.74, 6) is -2.82. The largest absolute Gasteiger partial charge is 0.469 e. The molecule has 0 radical (unpaired) electrons. The van der Waals surface area contributed by atoms with Gasteiger partial charge in [0.15, 0.2) is 6.10 Å². The Labute approximate surface area is 163 Å². The van der Waals surface area contributed by atoms with Crippen molar-refractivity contribution in [2.75, 3.05) is 27.9 Å². The summed E-state index contributed by atoms with van der Waals surface area (Å²) in [6, 6.07) is -2.41. The van der Waals surface area contributed by atoms with Gasteiger partial charge in [0, 0.05) is 13.7 Å². The highest BCUT2D eigenvalue weighted by atomic mass is 16.5. The minimum absolute atomic E-state index is 0.0278. The average molecular weight is 394 g/mol. The van der Waals surface area contributed by atoms with Crippen molar-refractivity contribution in [1.29, 1.82) is 0 Å². The van der Waals surface area contributed by atoms with Crippen molar-refractivity contribution in [3.05, 3.63) is 25.3 Å². The SMILES string of the molecule is C=CCCN1C(=O)[C@H](OC)[C@@H]1[C@H]1[C@@H](C(=O)OC)C[C@@H](C(=O)OC)N1C(=O)C=C. The topological polar surface area (TPSA) is 102 Å². The van der Waals surface area contributed by atoms with Crippen LogP contribution >= 0.6 is 0 Å². The van der Waals surface area contributed by atoms with Crippen LogP contribution in [0.2, 0.25) is 0 Å². The van der Waals surface area contributed by atoms with E-state index in [1.165, 1.54) is 26.2 Å². The van der Waals surface area contributed by atoms with Crippen LogP contribution in [0.5, 0.6) is 0 Å². The van der Waals surface area contributed by atoms with E-state index < -0.39 is 48.0 Å². The van der Waals surface area contributed by atoms with Gasteiger partial charge < -0.3 is 24.0 Å². The molecule has 2 amide bonds. The normalized spacial score (nSPS) is 29.1. The molecule has 9 nitrogen and oxygen atoms in total. The lowest BCUT2D eigenvalue weighted by molar-refractivity contribution is -0.181. The van der Waals surface area contributed by atoms with Gasteiger partial charge in [-0.2, -0.15) is 0 Å². The maximum atomic E-state index is 12.6. The molecule has 2 aliphatic heterocycles. The van der Waals surface area contributed by atoms with Crippen LogP contribution in [-0.2, 0) is 33.4 Å². The van der Waals surface area contributed by atoms with E-state index in [0.717, 1.165) is 6.08 Å². The summed E-state index contributed by atoms with van der Waals surface area (Å²) in [7, 11) is 3.83. The third-order valence-corrected chi connectivity index (χ3v) is 5.33. The molecule has 28 heavy (non-hydrogen) atoms. The van der Waals surface area contributed by atoms with Crippen molar-refractivity contribution in [3.63, 3.8) is 0 Å². The molecule has 0 saturated carbocycles. The van der Waals surface area contributed by atoms with Crippen LogP contribution in [-0.4, -0.2) is 85.7 Å². The Morgan fingerprint density at radius 1 is 1.11 bits per heavy atom. The second-order valence-corrected chi connectivity index (χ2v) is 6.60. The third-order valence-electron chi connectivity index (χ3n) is 5.33. The van der Waals surface area contributed by atoms with Crippen LogP contribution in [0.15, 0.2) is 25.3 Å². The Morgan fingerprint density at radius 3 is 2.25 bits per heavy atom. The predicted octanol–water partition coefficient (Wildman–Crippen LogP) is -0.0940. The zero-order chi connectivity index (χ0) is 21.0. The first-order valence-corrected chi connectivity index (χ1v) is 8.92. The molecule has 0 spiro atoms. The van der Waals surface area contributed by atoms with Gasteiger partial charge in [-0.25, -0.2) is 4.79 Å². The molecule has 2 aliphatic rings. The molecule has 0 bridgehead atoms. The Kier molecular flexibility index (Phi) is 6.95. The van der Waals surface area contributed by atoms with Crippen LogP contribution in [0.4, 0.5) is 0 Å². The first kappa shape index (κ1) is 21.6. The lowest BCUT2D eigenvalue weighted by Gasteiger charge is -2.51. The number of esters is 2. The zero-order valence-electron chi connectivity index (χ0n) is 16.3. The molecule has 0 aromatic rings. The Balaban J connectivity index is 2.51. The lowest BCUT2D eigenvalue weighted by atomic mass is 9.83. The lowest BCUT2D eigenvalue weighted by Crippen LogP contribution is -2.73. The molecule has 0 aliphatic carbocycles. The second kappa shape index (κ2) is 9.01. The first-order chi connectivity index (χ1) is 13.4. The summed E-state index contributed by atoms with van der Waals surface area (Å²) < 4.78 is 15.1. The number of nitrogens with zero attached hydrogens (tertiary/aromatic N) is 2. The Bertz CT molecular complexity index is 677. The van der Waals surface area contributed by atoms with Gasteiger partial charge in [0.2, 0.25) is 5.91 Å². The number of amides is 2. The number of hydrogen-bond donors (Lipinski definition) is 0. The highest BCUT2D eigenvalue weighted by molar-refractivity contribution is 5.95. The van der Waals surface area contributed by atoms with Gasteiger partial charge in [-0.15, -0.1) is 6.58 Å². The van der Waals surface area contributed by atoms with Crippen molar-refractivity contribution < 1.29 is 33.4 Å². The first-order valence-electron chi connectivity index (χ1n) is 8.92. The van der Waals surface area contributed by atoms with Crippen molar-refractivity contribution in [2.24, 2.45) is 5.92 Å². The molecule has 2 heterocycles. The summed E-state index contributed by atoms with van der Waals surface area (Å²) in [5, 5.41) is 0. The molecule has 2 rings (SSSR count). The van der Waals surface area contributed by atoms with Crippen LogP contribution in [0.25, 0.3) is 0 Å². The van der Waals surface area contributed by atoms with E-state index in [1.807, 2.05) is 0 Å². The van der Waals surface area contributed by atoms with Gasteiger partial charge in [-0.05, 0) is 18.9 Å². The molecule has 0 N–H and O–H groups in total. The summed E-state index contributed by atoms with van der Waals surface area (Å²) >= 11 is 0. The van der Waals surface area contributed by atoms with Gasteiger partial charge >= 0.3 is 11.9 Å². The molecule has 9 heteroatoms. The van der Waals surface area contributed by atoms with E-state index in [-0.39, 0.29) is 12.3 Å². The molecule has 0 aromatic heterocycles. The molecular formula is C19H26N2O7. The van der Waals surface area contributed by atoms with E-state index in [2.05, 4.69) is 13.2 Å². The van der Waals surface area contributed by atoms with Gasteiger partial charge in [0.25, 0.3) is 5.91 Å². The number of hydrogen-bond acceptors (Lipinski definition) is 7. The van der Waals surface area contributed by atoms with Crippen LogP contribution in [0.3, 0.4) is 0 Å². The van der Waals surface area contributed by atoms with E-state index in [9.17, 15) is 19.2 Å². The van der Waals surface area contributed by atoms with Crippen LogP contribution < -0.4 is 0 Å². The number of ether oxygens (including phenoxy) is 3. The monoisotopic (exact) mass is 394 g/mol. The molecule has 2 fully saturated rings. The maximum absolute atomic E-state index is 12.6. The molecular weight excluding hydrogens is 368 g/mol. The third kappa shape index (κ3) is 3.54. The van der Waals surface area contributed by atoms with E-state index in [0.29, 0.717) is 13.0 Å². The van der Waals surface area contributed by atoms with Crippen LogP contribution in [0.1, 0.15) is 12.8 Å². The summed E-state index contributed by atoms with van der Waals surface area (Å²) in [5.41, 5.74) is 0. The maximum Gasteiger partial charge on any atom is 0.328 e. The van der Waals surface area contributed by atoms with Crippen molar-refractivity contribution in [3.8, 4) is 0 Å². The Hall–Kier alpha value is -2.68. The van der Waals surface area contributed by atoms with Gasteiger partial charge in [0.05, 0.1) is 32.2 Å². The summed E-state index contributed by atoms with van der Waals surface area (Å²) in [4.78, 5) is 52.7. The van der Waals surface area contributed by atoms with Crippen LogP contribution in [0, 0.1) is 5.92 Å². The molecule has 2 saturated heterocycles. The number of carbonyl (C=O) groups is 4. The van der Waals surface area contributed by atoms with Gasteiger partial charge in [0.1, 0.15) is 6.04 Å². The quantitative estimate of drug-likeness (QED) is 0.245. The Morgan fingerprint density at radius 2 is 1.75 bits per heavy atom. The number of β-lactam (4-membered cyclic amide) rings is 1. The number of rotatable bonds is 8. The average Bonchev–Trinajstić information content (AvgIpc) is 3.09. The fraction of sp³-hybridized carbons (Fsp3) is 0.579. The molecule has 0 aromatic carbocycles. The van der Waals surface area contributed by atoms with Crippen molar-refractivity contribution in [1.82, 2.24) is 9.80 Å². The smallest absolute Gasteiger partial charge is 0.328 e. The predicted molar refractivity (Wildman–Crippen MR) is 97.9 cm³/mol. The summed E-state index contributed by atoms with van der Waals surface area (Å²) in [6.45, 7) is 7.50. The zero-order valence-corrected chi connectivity index (χ0v) is 16.3. The second-order valence-electron chi connectivity index (χ2n) is 6.60. The minimum Gasteiger partial charge on any atom is -0.469 e. The highest BCUT2D eigenvalue weighted by Gasteiger charge is 2.61. The van der Waals surface area contributed by atoms with Crippen molar-refractivity contribution >= 4 is 23.8 Å². The van der Waals surface area contributed by atoms with E-state index in [1.54, 1.807) is 11.0 Å². The van der Waals surface area contributed by atoms with Gasteiger partial charge in [-0.1, -0.05) is 12.7 Å². The van der Waals surface area contributed by atoms with Gasteiger partial charge in [-0.3, -0.25) is 14.4 Å². The number of methoxy groups -OCH3 is 3. The van der Waals surface area contributed by atoms with E-state index in [4.69, 9.17) is 14.2 Å². The summed E-state index contributed by atoms with van der Waals surface area (Å²) in [6.07, 6.45) is 2.46. The number of carbonyl (C=O) groups excluding carboxylic acids is 4. The fourth-order valence-electron chi connectivity index (χ4n) is 4.07. The minimum atomic E-state index is -0.987. The fourth-order valence-corrected chi connectivity index (χ4v) is 4.07. The molecule has 0 unspecified atom stereocenters. The molecule has 5 atom stereocenters. The number of likely N-dealkylation sites (tertiary alicyclic amines) is 2. The van der Waals surface area contributed by atoms with E-state index >= 15 is 0 Å². The standard InChI is InChI=1S/C19H26N2O7/c1-6-8-9-20-15(16(26-3)17(20)23)14-11(18(24)27-4)10-12(19(25)28-5)21(14)13(22)7-2/h6-7,11-12,14-16H,1-2,8-10H2,3-5H3/t11-,12-,14+,15-,16+/m0/s1. The van der Waals surface area contributed by atoms with Crippen molar-refractivity contribution in [2.45, 2.75) is 37.1 Å². The molecule has 154 valence electrons. The highest BCUT2D eigenvalue weighted by Crippen LogP contribution is 2.40.